The first-order valence-corrected chi connectivity index (χ1v) is 11.5. The number of rotatable bonds is 9. The fraction of sp³-hybridized carbons (Fsp3) is 0.185. The molecule has 0 bridgehead atoms. The van der Waals surface area contributed by atoms with E-state index in [2.05, 4.69) is 10.4 Å². The van der Waals surface area contributed by atoms with Crippen molar-refractivity contribution in [3.05, 3.63) is 90.3 Å². The predicted octanol–water partition coefficient (Wildman–Crippen LogP) is 4.13. The first kappa shape index (κ1) is 22.3. The van der Waals surface area contributed by atoms with Gasteiger partial charge >= 0.3 is 0 Å². The second kappa shape index (κ2) is 9.80. The number of carbonyl (C=O) groups is 3. The molecule has 0 saturated heterocycles. The Bertz CT molecular complexity index is 1350. The maximum Gasteiger partial charge on any atom is 0.261 e. The van der Waals surface area contributed by atoms with E-state index in [1.165, 1.54) is 4.90 Å². The Kier molecular flexibility index (Phi) is 6.26. The number of imide groups is 1. The molecule has 0 atom stereocenters. The summed E-state index contributed by atoms with van der Waals surface area (Å²) < 4.78 is 7.52. The highest BCUT2D eigenvalue weighted by Gasteiger charge is 2.32. The number of anilines is 1. The quantitative estimate of drug-likeness (QED) is 0.373. The molecule has 4 aromatic rings. The van der Waals surface area contributed by atoms with Gasteiger partial charge in [-0.25, -0.2) is 0 Å². The lowest BCUT2D eigenvalue weighted by atomic mass is 9.94. The van der Waals surface area contributed by atoms with Crippen LogP contribution < -0.4 is 10.1 Å². The van der Waals surface area contributed by atoms with Crippen molar-refractivity contribution >= 4 is 34.2 Å². The van der Waals surface area contributed by atoms with E-state index in [1.807, 2.05) is 48.7 Å². The zero-order valence-corrected chi connectivity index (χ0v) is 19.0. The molecule has 2 heterocycles. The zero-order chi connectivity index (χ0) is 24.2. The van der Waals surface area contributed by atoms with E-state index in [9.17, 15) is 14.4 Å². The molecule has 1 aliphatic heterocycles. The van der Waals surface area contributed by atoms with Gasteiger partial charge in [0.25, 0.3) is 11.8 Å². The molecular formula is C27H24N4O4. The summed E-state index contributed by atoms with van der Waals surface area (Å²) in [5, 5.41) is 8.55. The van der Waals surface area contributed by atoms with Gasteiger partial charge in [0.15, 0.2) is 0 Å². The first-order chi connectivity index (χ1) is 17.1. The zero-order valence-electron chi connectivity index (χ0n) is 19.0. The summed E-state index contributed by atoms with van der Waals surface area (Å²) in [5.41, 5.74) is 1.66. The molecule has 8 nitrogen and oxygen atoms in total. The van der Waals surface area contributed by atoms with Crippen LogP contribution in [0.5, 0.6) is 5.75 Å². The summed E-state index contributed by atoms with van der Waals surface area (Å²) in [6.07, 6.45) is 4.12. The molecule has 1 aromatic heterocycles. The van der Waals surface area contributed by atoms with Crippen molar-refractivity contribution in [2.24, 2.45) is 0 Å². The van der Waals surface area contributed by atoms with Gasteiger partial charge in [-0.3, -0.25) is 24.0 Å². The lowest BCUT2D eigenvalue weighted by molar-refractivity contribution is -0.116. The number of nitrogens with zero attached hydrogens (tertiary/aromatic N) is 3. The lowest BCUT2D eigenvalue weighted by Gasteiger charge is -2.27. The molecule has 3 amide bonds. The van der Waals surface area contributed by atoms with E-state index in [0.717, 1.165) is 5.39 Å². The molecule has 0 unspecified atom stereocenters. The average molecular weight is 469 g/mol. The highest BCUT2D eigenvalue weighted by Crippen LogP contribution is 2.30. The fourth-order valence-corrected chi connectivity index (χ4v) is 4.26. The van der Waals surface area contributed by atoms with Crippen molar-refractivity contribution in [2.45, 2.75) is 19.4 Å². The van der Waals surface area contributed by atoms with Gasteiger partial charge in [0.05, 0.1) is 6.54 Å². The van der Waals surface area contributed by atoms with Crippen LogP contribution in [0.2, 0.25) is 0 Å². The summed E-state index contributed by atoms with van der Waals surface area (Å²) in [5.74, 6) is -0.190. The third-order valence-electron chi connectivity index (χ3n) is 5.91. The van der Waals surface area contributed by atoms with Gasteiger partial charge in [-0.05, 0) is 42.1 Å². The molecule has 0 fully saturated rings. The summed E-state index contributed by atoms with van der Waals surface area (Å²) in [6.45, 7) is 1.25. The van der Waals surface area contributed by atoms with Crippen LogP contribution in [-0.2, 0) is 11.3 Å². The normalized spacial score (nSPS) is 12.7. The first-order valence-electron chi connectivity index (χ1n) is 11.5. The van der Waals surface area contributed by atoms with Crippen LogP contribution in [0.25, 0.3) is 10.8 Å². The van der Waals surface area contributed by atoms with E-state index in [4.69, 9.17) is 4.74 Å². The van der Waals surface area contributed by atoms with Gasteiger partial charge in [-0.1, -0.05) is 30.3 Å². The number of carbonyl (C=O) groups excluding carboxylic acids is 3. The summed E-state index contributed by atoms with van der Waals surface area (Å²) in [7, 11) is 0. The number of hydrogen-bond donors (Lipinski definition) is 1. The van der Waals surface area contributed by atoms with Gasteiger partial charge in [0.2, 0.25) is 5.91 Å². The van der Waals surface area contributed by atoms with E-state index in [-0.39, 0.29) is 30.7 Å². The van der Waals surface area contributed by atoms with Crippen molar-refractivity contribution in [3.8, 4) is 5.75 Å². The molecule has 8 heteroatoms. The number of aromatic nitrogens is 2. The van der Waals surface area contributed by atoms with Gasteiger partial charge in [-0.15, -0.1) is 0 Å². The highest BCUT2D eigenvalue weighted by atomic mass is 16.5. The van der Waals surface area contributed by atoms with Gasteiger partial charge < -0.3 is 10.1 Å². The molecule has 3 aromatic carbocycles. The molecule has 1 aliphatic rings. The molecule has 0 spiro atoms. The van der Waals surface area contributed by atoms with Crippen LogP contribution in [0.15, 0.2) is 79.1 Å². The SMILES string of the molecule is O=C(CCCN1C(=O)c2cccc3cccc(c23)C1=O)Nc1cccc(OCCn2cccn2)c1. The summed E-state index contributed by atoms with van der Waals surface area (Å²) >= 11 is 0. The number of benzene rings is 3. The molecular weight excluding hydrogens is 444 g/mol. The number of hydrogen-bond acceptors (Lipinski definition) is 5. The Balaban J connectivity index is 1.14. The van der Waals surface area contributed by atoms with Crippen molar-refractivity contribution in [1.82, 2.24) is 14.7 Å². The highest BCUT2D eigenvalue weighted by molar-refractivity contribution is 6.25. The third-order valence-corrected chi connectivity index (χ3v) is 5.91. The largest absolute Gasteiger partial charge is 0.492 e. The fourth-order valence-electron chi connectivity index (χ4n) is 4.26. The maximum atomic E-state index is 13.0. The lowest BCUT2D eigenvalue weighted by Crippen LogP contribution is -2.41. The number of nitrogens with one attached hydrogen (secondary N) is 1. The summed E-state index contributed by atoms with van der Waals surface area (Å²) in [4.78, 5) is 39.7. The number of amides is 3. The van der Waals surface area contributed by atoms with Crippen LogP contribution >= 0.6 is 0 Å². The molecule has 0 aliphatic carbocycles. The molecule has 176 valence electrons. The van der Waals surface area contributed by atoms with E-state index in [0.29, 0.717) is 47.5 Å². The van der Waals surface area contributed by atoms with Crippen molar-refractivity contribution < 1.29 is 19.1 Å². The van der Waals surface area contributed by atoms with E-state index < -0.39 is 0 Å². The van der Waals surface area contributed by atoms with Crippen molar-refractivity contribution in [1.29, 1.82) is 0 Å². The Morgan fingerprint density at radius 1 is 0.914 bits per heavy atom. The van der Waals surface area contributed by atoms with Gasteiger partial charge in [0.1, 0.15) is 12.4 Å². The van der Waals surface area contributed by atoms with Crippen LogP contribution in [-0.4, -0.2) is 45.6 Å². The van der Waals surface area contributed by atoms with Crippen LogP contribution in [0.4, 0.5) is 5.69 Å². The minimum absolute atomic E-state index is 0.173. The minimum Gasteiger partial charge on any atom is -0.492 e. The average Bonchev–Trinajstić information content (AvgIpc) is 3.38. The minimum atomic E-state index is -0.320. The van der Waals surface area contributed by atoms with Crippen LogP contribution in [0.3, 0.4) is 0 Å². The second-order valence-corrected chi connectivity index (χ2v) is 8.27. The van der Waals surface area contributed by atoms with Gasteiger partial charge in [-0.2, -0.15) is 5.10 Å². The Hall–Kier alpha value is -4.46. The molecule has 1 N–H and O–H groups in total. The molecule has 0 saturated carbocycles. The maximum absolute atomic E-state index is 13.0. The standard InChI is InChI=1S/C27H24N4O4/c32-24(29-20-8-3-9-21(18-20)35-17-16-30-14-5-13-28-30)12-4-15-31-26(33)22-10-1-6-19-7-2-11-23(25(19)22)27(31)34/h1-3,5-11,13-14,18H,4,12,15-17H2,(H,29,32). The monoisotopic (exact) mass is 468 g/mol. The Morgan fingerprint density at radius 3 is 2.37 bits per heavy atom. The molecule has 5 rings (SSSR count). The van der Waals surface area contributed by atoms with Crippen molar-refractivity contribution in [3.63, 3.8) is 0 Å². The number of ether oxygens (including phenoxy) is 1. The Labute approximate surface area is 202 Å². The molecule has 35 heavy (non-hydrogen) atoms. The Morgan fingerprint density at radius 2 is 1.66 bits per heavy atom. The van der Waals surface area contributed by atoms with Crippen LogP contribution in [0, 0.1) is 0 Å². The third kappa shape index (κ3) is 4.77. The second-order valence-electron chi connectivity index (χ2n) is 8.27. The topological polar surface area (TPSA) is 93.5 Å². The van der Waals surface area contributed by atoms with E-state index in [1.54, 1.807) is 35.1 Å². The van der Waals surface area contributed by atoms with E-state index >= 15 is 0 Å². The van der Waals surface area contributed by atoms with Crippen molar-refractivity contribution in [2.75, 3.05) is 18.5 Å². The van der Waals surface area contributed by atoms with Crippen LogP contribution in [0.1, 0.15) is 33.6 Å². The summed E-state index contributed by atoms with van der Waals surface area (Å²) in [6, 6.07) is 19.9. The predicted molar refractivity (Wildman–Crippen MR) is 131 cm³/mol. The smallest absolute Gasteiger partial charge is 0.261 e. The molecule has 0 radical (unpaired) electrons. The van der Waals surface area contributed by atoms with Gasteiger partial charge in [0, 0.05) is 53.6 Å².